The monoisotopic (exact) mass is 507 g/mol. The topological polar surface area (TPSA) is 52.5 Å². The molecule has 0 bridgehead atoms. The molecule has 0 unspecified atom stereocenters. The van der Waals surface area contributed by atoms with Crippen LogP contribution in [0.1, 0.15) is 45.3 Å². The summed E-state index contributed by atoms with van der Waals surface area (Å²) < 4.78 is 0. The lowest BCUT2D eigenvalue weighted by molar-refractivity contribution is 0.458. The van der Waals surface area contributed by atoms with Gasteiger partial charge in [-0.25, -0.2) is 0 Å². The fourth-order valence-electron chi connectivity index (χ4n) is 4.87. The molecule has 0 aromatic heterocycles. The molecule has 5 rings (SSSR count). The van der Waals surface area contributed by atoms with Crippen LogP contribution in [0.25, 0.3) is 0 Å². The maximum absolute atomic E-state index is 10.8. The van der Waals surface area contributed by atoms with Gasteiger partial charge in [0, 0.05) is 23.6 Å². The Bertz CT molecular complexity index is 1340. The van der Waals surface area contributed by atoms with Crippen molar-refractivity contribution in [2.45, 2.75) is 18.5 Å². The molecule has 0 fully saturated rings. The van der Waals surface area contributed by atoms with E-state index in [2.05, 4.69) is 66.0 Å². The number of para-hydroxylation sites is 2. The van der Waals surface area contributed by atoms with Gasteiger partial charge in [0.15, 0.2) is 0 Å². The van der Waals surface area contributed by atoms with Gasteiger partial charge in [-0.05, 0) is 34.4 Å². The molecule has 0 heterocycles. The number of phenols is 2. The summed E-state index contributed by atoms with van der Waals surface area (Å²) >= 11 is 0. The number of halogens is 1. The molecule has 0 radical (unpaired) electrons. The normalized spacial score (nSPS) is 10.9. The lowest BCUT2D eigenvalue weighted by Crippen LogP contribution is -2.23. The Morgan fingerprint density at radius 1 is 0.486 bits per heavy atom. The first-order valence-corrected chi connectivity index (χ1v) is 12.2. The van der Waals surface area contributed by atoms with E-state index in [4.69, 9.17) is 0 Å². The van der Waals surface area contributed by atoms with Crippen LogP contribution in [0.15, 0.2) is 133 Å². The first-order chi connectivity index (χ1) is 17.7. The van der Waals surface area contributed by atoms with E-state index in [1.807, 2.05) is 60.7 Å². The SMILES string of the molecule is Cl.Oc1ccccc1C(c1ccccc1O)c1ccccc1CNC(c1ccccc1)c1ccccc1. The molecule has 37 heavy (non-hydrogen) atoms. The van der Waals surface area contributed by atoms with Crippen molar-refractivity contribution in [3.63, 3.8) is 0 Å². The standard InChI is InChI=1S/C33H29NO2.ClH/c35-30-21-11-9-19-28(30)32(29-20-10-12-22-31(29)36)27-18-8-7-17-26(27)23-34-33(24-13-3-1-4-14-24)25-15-5-2-6-16-25;/h1-22,32-36H,23H2;1H. The van der Waals surface area contributed by atoms with Gasteiger partial charge in [-0.1, -0.05) is 121 Å². The number of nitrogens with one attached hydrogen (secondary N) is 1. The van der Waals surface area contributed by atoms with Crippen LogP contribution in [0.3, 0.4) is 0 Å². The lowest BCUT2D eigenvalue weighted by Gasteiger charge is -2.25. The van der Waals surface area contributed by atoms with E-state index in [1.165, 1.54) is 11.1 Å². The zero-order valence-corrected chi connectivity index (χ0v) is 21.2. The summed E-state index contributed by atoms with van der Waals surface area (Å²) in [6.45, 7) is 0.613. The Hall–Kier alpha value is -4.05. The number of phenolic OH excluding ortho intramolecular Hbond substituents is 2. The Morgan fingerprint density at radius 2 is 0.892 bits per heavy atom. The van der Waals surface area contributed by atoms with Crippen molar-refractivity contribution >= 4 is 12.4 Å². The predicted octanol–water partition coefficient (Wildman–Crippen LogP) is 7.58. The van der Waals surface area contributed by atoms with Crippen LogP contribution >= 0.6 is 12.4 Å². The average molecular weight is 508 g/mol. The van der Waals surface area contributed by atoms with Gasteiger partial charge in [0.25, 0.3) is 0 Å². The fourth-order valence-corrected chi connectivity index (χ4v) is 4.87. The first kappa shape index (κ1) is 26.0. The van der Waals surface area contributed by atoms with Crippen molar-refractivity contribution in [1.82, 2.24) is 5.32 Å². The van der Waals surface area contributed by atoms with Crippen molar-refractivity contribution in [1.29, 1.82) is 0 Å². The van der Waals surface area contributed by atoms with Gasteiger partial charge in [0.1, 0.15) is 11.5 Å². The van der Waals surface area contributed by atoms with Gasteiger partial charge >= 0.3 is 0 Å². The zero-order chi connectivity index (χ0) is 24.7. The van der Waals surface area contributed by atoms with Gasteiger partial charge in [0.2, 0.25) is 0 Å². The van der Waals surface area contributed by atoms with E-state index < -0.39 is 0 Å². The largest absolute Gasteiger partial charge is 0.508 e. The molecule has 186 valence electrons. The van der Waals surface area contributed by atoms with E-state index in [1.54, 1.807) is 12.1 Å². The minimum Gasteiger partial charge on any atom is -0.508 e. The fraction of sp³-hybridized carbons (Fsp3) is 0.0909. The summed E-state index contributed by atoms with van der Waals surface area (Å²) in [5.41, 5.74) is 6.04. The van der Waals surface area contributed by atoms with Crippen molar-refractivity contribution in [3.8, 4) is 11.5 Å². The highest BCUT2D eigenvalue weighted by Crippen LogP contribution is 2.41. The second-order valence-electron chi connectivity index (χ2n) is 8.88. The number of hydrogen-bond donors (Lipinski definition) is 3. The minimum atomic E-state index is -0.322. The van der Waals surface area contributed by atoms with Crippen LogP contribution in [0.4, 0.5) is 0 Å². The molecular formula is C33H30ClNO2. The summed E-state index contributed by atoms with van der Waals surface area (Å²) in [4.78, 5) is 0. The first-order valence-electron chi connectivity index (χ1n) is 12.2. The maximum atomic E-state index is 10.8. The van der Waals surface area contributed by atoms with Gasteiger partial charge in [0.05, 0.1) is 6.04 Å². The molecule has 0 atom stereocenters. The van der Waals surface area contributed by atoms with Crippen LogP contribution in [0, 0.1) is 0 Å². The molecular weight excluding hydrogens is 478 g/mol. The lowest BCUT2D eigenvalue weighted by atomic mass is 9.82. The second-order valence-corrected chi connectivity index (χ2v) is 8.88. The summed E-state index contributed by atoms with van der Waals surface area (Å²) in [5, 5.41) is 25.4. The third-order valence-electron chi connectivity index (χ3n) is 6.62. The molecule has 4 heteroatoms. The van der Waals surface area contributed by atoms with Crippen LogP contribution in [-0.2, 0) is 6.54 Å². The van der Waals surface area contributed by atoms with Crippen molar-refractivity contribution in [2.75, 3.05) is 0 Å². The summed E-state index contributed by atoms with van der Waals surface area (Å²) in [6, 6.07) is 43.9. The van der Waals surface area contributed by atoms with Crippen LogP contribution in [0.2, 0.25) is 0 Å². The quantitative estimate of drug-likeness (QED) is 0.190. The third-order valence-corrected chi connectivity index (χ3v) is 6.62. The molecule has 0 saturated carbocycles. The van der Waals surface area contributed by atoms with Crippen molar-refractivity contribution in [2.24, 2.45) is 0 Å². The molecule has 0 aliphatic rings. The summed E-state index contributed by atoms with van der Waals surface area (Å²) in [7, 11) is 0. The highest BCUT2D eigenvalue weighted by atomic mass is 35.5. The van der Waals surface area contributed by atoms with Crippen LogP contribution < -0.4 is 5.32 Å². The van der Waals surface area contributed by atoms with E-state index in [9.17, 15) is 10.2 Å². The number of rotatable bonds is 8. The Morgan fingerprint density at radius 3 is 1.38 bits per heavy atom. The summed E-state index contributed by atoms with van der Waals surface area (Å²) in [5.74, 6) is 0.0947. The molecule has 0 aliphatic carbocycles. The van der Waals surface area contributed by atoms with E-state index in [0.717, 1.165) is 22.3 Å². The molecule has 3 nitrogen and oxygen atoms in total. The molecule has 0 saturated heterocycles. The van der Waals surface area contributed by atoms with Crippen LogP contribution in [0.5, 0.6) is 11.5 Å². The van der Waals surface area contributed by atoms with Crippen LogP contribution in [-0.4, -0.2) is 10.2 Å². The van der Waals surface area contributed by atoms with Gasteiger partial charge in [-0.2, -0.15) is 0 Å². The number of aromatic hydroxyl groups is 2. The second kappa shape index (κ2) is 12.3. The zero-order valence-electron chi connectivity index (χ0n) is 20.4. The third kappa shape index (κ3) is 5.86. The smallest absolute Gasteiger partial charge is 0.119 e. The highest BCUT2D eigenvalue weighted by molar-refractivity contribution is 5.85. The van der Waals surface area contributed by atoms with Gasteiger partial charge in [-0.3, -0.25) is 0 Å². The van der Waals surface area contributed by atoms with Gasteiger partial charge in [-0.15, -0.1) is 12.4 Å². The van der Waals surface area contributed by atoms with E-state index in [-0.39, 0.29) is 35.9 Å². The number of hydrogen-bond acceptors (Lipinski definition) is 3. The van der Waals surface area contributed by atoms with Crippen molar-refractivity contribution in [3.05, 3.63) is 167 Å². The predicted molar refractivity (Wildman–Crippen MR) is 152 cm³/mol. The Labute approximate surface area is 224 Å². The maximum Gasteiger partial charge on any atom is 0.119 e. The Balaban J connectivity index is 0.00000320. The van der Waals surface area contributed by atoms with E-state index >= 15 is 0 Å². The average Bonchev–Trinajstić information content (AvgIpc) is 2.93. The molecule has 0 aliphatic heterocycles. The molecule has 0 amide bonds. The van der Waals surface area contributed by atoms with E-state index in [0.29, 0.717) is 6.54 Å². The van der Waals surface area contributed by atoms with Gasteiger partial charge < -0.3 is 15.5 Å². The molecule has 5 aromatic rings. The Kier molecular flexibility index (Phi) is 8.63. The molecule has 5 aromatic carbocycles. The minimum absolute atomic E-state index is 0. The molecule has 3 N–H and O–H groups in total. The summed E-state index contributed by atoms with van der Waals surface area (Å²) in [6.07, 6.45) is 0. The van der Waals surface area contributed by atoms with Crippen molar-refractivity contribution < 1.29 is 10.2 Å². The molecule has 0 spiro atoms. The highest BCUT2D eigenvalue weighted by Gasteiger charge is 2.25. The number of benzene rings is 5.